The number of anilines is 1. The second-order valence-corrected chi connectivity index (χ2v) is 4.97. The first kappa shape index (κ1) is 12.2. The number of hydrogen-bond acceptors (Lipinski definition) is 6. The molecule has 9 heteroatoms. The summed E-state index contributed by atoms with van der Waals surface area (Å²) in [6, 6.07) is 0. The molecule has 0 aromatic carbocycles. The van der Waals surface area contributed by atoms with E-state index in [0.717, 1.165) is 5.01 Å². The minimum atomic E-state index is -4.42. The van der Waals surface area contributed by atoms with Crippen molar-refractivity contribution in [2.45, 2.75) is 12.6 Å². The van der Waals surface area contributed by atoms with Crippen molar-refractivity contribution in [3.8, 4) is 0 Å². The van der Waals surface area contributed by atoms with Crippen molar-refractivity contribution in [1.29, 1.82) is 0 Å². The Kier molecular flexibility index (Phi) is 3.57. The van der Waals surface area contributed by atoms with Gasteiger partial charge in [-0.3, -0.25) is 0 Å². The molecule has 0 unspecified atom stereocenters. The lowest BCUT2D eigenvalue weighted by atomic mass is 10.4. The number of nitrogens with one attached hydrogen (secondary N) is 1. The zero-order valence-corrected chi connectivity index (χ0v) is 9.99. The topological polar surface area (TPSA) is 50.7 Å². The van der Waals surface area contributed by atoms with Crippen molar-refractivity contribution < 1.29 is 13.2 Å². The van der Waals surface area contributed by atoms with Gasteiger partial charge in [-0.1, -0.05) is 11.3 Å². The number of halogens is 3. The van der Waals surface area contributed by atoms with E-state index in [2.05, 4.69) is 20.5 Å². The highest BCUT2D eigenvalue weighted by atomic mass is 32.1. The first-order chi connectivity index (χ1) is 8.05. The molecule has 2 aromatic heterocycles. The highest BCUT2D eigenvalue weighted by Crippen LogP contribution is 2.32. The summed E-state index contributed by atoms with van der Waals surface area (Å²) < 4.78 is 36.7. The Morgan fingerprint density at radius 2 is 2.12 bits per heavy atom. The standard InChI is InChI=1S/C8H7F3N4S2/c9-8(10,11)6-14-15-7(17-6)13-2-1-5-12-3-4-16-5/h3-4H,1-2H2,(H,13,15). The lowest BCUT2D eigenvalue weighted by molar-refractivity contribution is -0.138. The van der Waals surface area contributed by atoms with Gasteiger partial charge in [-0.05, 0) is 0 Å². The highest BCUT2D eigenvalue weighted by molar-refractivity contribution is 7.15. The Balaban J connectivity index is 1.85. The molecule has 92 valence electrons. The van der Waals surface area contributed by atoms with Gasteiger partial charge in [-0.2, -0.15) is 13.2 Å². The summed E-state index contributed by atoms with van der Waals surface area (Å²) in [5, 5.41) is 11.3. The van der Waals surface area contributed by atoms with E-state index in [0.29, 0.717) is 24.3 Å². The Bertz CT molecular complexity index is 465. The van der Waals surface area contributed by atoms with E-state index < -0.39 is 11.2 Å². The SMILES string of the molecule is FC(F)(F)c1nnc(NCCc2nccs2)s1. The van der Waals surface area contributed by atoms with Gasteiger partial charge in [0.05, 0.1) is 5.01 Å². The summed E-state index contributed by atoms with van der Waals surface area (Å²) in [5.41, 5.74) is 0. The molecule has 2 aromatic rings. The predicted molar refractivity (Wildman–Crippen MR) is 59.2 cm³/mol. The molecule has 2 rings (SSSR count). The van der Waals surface area contributed by atoms with Gasteiger partial charge in [-0.25, -0.2) is 4.98 Å². The number of aromatic nitrogens is 3. The first-order valence-electron chi connectivity index (χ1n) is 4.58. The van der Waals surface area contributed by atoms with Crippen LogP contribution in [0.2, 0.25) is 0 Å². The molecule has 0 saturated heterocycles. The first-order valence-corrected chi connectivity index (χ1v) is 6.28. The molecule has 2 heterocycles. The molecule has 0 atom stereocenters. The third kappa shape index (κ3) is 3.37. The number of nitrogens with zero attached hydrogens (tertiary/aromatic N) is 3. The maximum atomic E-state index is 12.2. The van der Waals surface area contributed by atoms with Crippen molar-refractivity contribution in [2.75, 3.05) is 11.9 Å². The monoisotopic (exact) mass is 280 g/mol. The molecule has 1 N–H and O–H groups in total. The summed E-state index contributed by atoms with van der Waals surface area (Å²) >= 11 is 2.01. The summed E-state index contributed by atoms with van der Waals surface area (Å²) in [6.07, 6.45) is -2.09. The van der Waals surface area contributed by atoms with E-state index in [1.54, 1.807) is 6.20 Å². The predicted octanol–water partition coefficient (Wildman–Crippen LogP) is 2.67. The molecule has 0 bridgehead atoms. The quantitative estimate of drug-likeness (QED) is 0.935. The van der Waals surface area contributed by atoms with Crippen molar-refractivity contribution >= 4 is 27.8 Å². The van der Waals surface area contributed by atoms with Crippen LogP contribution in [0.3, 0.4) is 0 Å². The molecule has 17 heavy (non-hydrogen) atoms. The van der Waals surface area contributed by atoms with Crippen molar-refractivity contribution in [1.82, 2.24) is 15.2 Å². The second-order valence-electron chi connectivity index (χ2n) is 3.01. The Labute approximate surface area is 103 Å². The molecule has 4 nitrogen and oxygen atoms in total. The van der Waals surface area contributed by atoms with Crippen LogP contribution in [-0.4, -0.2) is 21.7 Å². The van der Waals surface area contributed by atoms with E-state index in [1.165, 1.54) is 11.3 Å². The lowest BCUT2D eigenvalue weighted by Gasteiger charge is -1.99. The Hall–Kier alpha value is -1.22. The van der Waals surface area contributed by atoms with Crippen LogP contribution in [0.25, 0.3) is 0 Å². The van der Waals surface area contributed by atoms with Crippen molar-refractivity contribution in [3.05, 3.63) is 21.6 Å². The number of thiazole rings is 1. The van der Waals surface area contributed by atoms with Gasteiger partial charge in [0, 0.05) is 24.5 Å². The third-order valence-electron chi connectivity index (χ3n) is 1.77. The fraction of sp³-hybridized carbons (Fsp3) is 0.375. The zero-order chi connectivity index (χ0) is 12.3. The van der Waals surface area contributed by atoms with Crippen molar-refractivity contribution in [2.24, 2.45) is 0 Å². The molecule has 0 fully saturated rings. The van der Waals surface area contributed by atoms with Crippen LogP contribution in [0.4, 0.5) is 18.3 Å². The van der Waals surface area contributed by atoms with Crippen molar-refractivity contribution in [3.63, 3.8) is 0 Å². The van der Waals surface area contributed by atoms with Crippen LogP contribution >= 0.6 is 22.7 Å². The minimum Gasteiger partial charge on any atom is -0.360 e. The van der Waals surface area contributed by atoms with E-state index in [1.807, 2.05) is 5.38 Å². The van der Waals surface area contributed by atoms with E-state index in [9.17, 15) is 13.2 Å². The molecule has 0 aliphatic carbocycles. The fourth-order valence-electron chi connectivity index (χ4n) is 1.06. The van der Waals surface area contributed by atoms with Gasteiger partial charge in [0.2, 0.25) is 10.1 Å². The molecular weight excluding hydrogens is 273 g/mol. The third-order valence-corrected chi connectivity index (χ3v) is 3.53. The minimum absolute atomic E-state index is 0.175. The van der Waals surface area contributed by atoms with Gasteiger partial charge in [-0.15, -0.1) is 21.5 Å². The molecule has 0 aliphatic rings. The van der Waals surface area contributed by atoms with E-state index >= 15 is 0 Å². The lowest BCUT2D eigenvalue weighted by Crippen LogP contribution is -2.04. The maximum Gasteiger partial charge on any atom is 0.445 e. The smallest absolute Gasteiger partial charge is 0.360 e. The average Bonchev–Trinajstić information content (AvgIpc) is 2.86. The van der Waals surface area contributed by atoms with E-state index in [4.69, 9.17) is 0 Å². The molecule has 0 aliphatic heterocycles. The summed E-state index contributed by atoms with van der Waals surface area (Å²) in [5.74, 6) is 0. The van der Waals surface area contributed by atoms with Crippen LogP contribution in [-0.2, 0) is 12.6 Å². The molecule has 0 radical (unpaired) electrons. The summed E-state index contributed by atoms with van der Waals surface area (Å²) in [6.45, 7) is 0.486. The number of alkyl halides is 3. The normalized spacial score (nSPS) is 11.7. The zero-order valence-electron chi connectivity index (χ0n) is 8.36. The van der Waals surface area contributed by atoms with E-state index in [-0.39, 0.29) is 5.13 Å². The van der Waals surface area contributed by atoms with Crippen LogP contribution < -0.4 is 5.32 Å². The molecule has 0 spiro atoms. The molecular formula is C8H7F3N4S2. The Morgan fingerprint density at radius 1 is 1.29 bits per heavy atom. The maximum absolute atomic E-state index is 12.2. The second kappa shape index (κ2) is 4.96. The Morgan fingerprint density at radius 3 is 2.71 bits per heavy atom. The van der Waals surface area contributed by atoms with Crippen LogP contribution in [0, 0.1) is 0 Å². The molecule has 0 saturated carbocycles. The van der Waals surface area contributed by atoms with Gasteiger partial charge >= 0.3 is 6.18 Å². The number of hydrogen-bond donors (Lipinski definition) is 1. The van der Waals surface area contributed by atoms with Crippen LogP contribution in [0.1, 0.15) is 10.0 Å². The van der Waals surface area contributed by atoms with Gasteiger partial charge < -0.3 is 5.32 Å². The van der Waals surface area contributed by atoms with Gasteiger partial charge in [0.25, 0.3) is 0 Å². The van der Waals surface area contributed by atoms with Crippen LogP contribution in [0.15, 0.2) is 11.6 Å². The van der Waals surface area contributed by atoms with Crippen LogP contribution in [0.5, 0.6) is 0 Å². The highest BCUT2D eigenvalue weighted by Gasteiger charge is 2.35. The average molecular weight is 280 g/mol. The largest absolute Gasteiger partial charge is 0.445 e. The van der Waals surface area contributed by atoms with Gasteiger partial charge in [0.15, 0.2) is 0 Å². The summed E-state index contributed by atoms with van der Waals surface area (Å²) in [4.78, 5) is 4.06. The fourth-order valence-corrected chi connectivity index (χ4v) is 2.32. The number of rotatable bonds is 4. The molecule has 0 amide bonds. The summed E-state index contributed by atoms with van der Waals surface area (Å²) in [7, 11) is 0. The van der Waals surface area contributed by atoms with Gasteiger partial charge in [0.1, 0.15) is 0 Å².